The average Bonchev–Trinajstić information content (AvgIpc) is 3.21. The second-order valence-electron chi connectivity index (χ2n) is 7.81. The molecular formula is C25H21F3N2O4S. The van der Waals surface area contributed by atoms with Gasteiger partial charge in [-0.25, -0.2) is 12.4 Å². The number of nitrogens with one attached hydrogen (secondary N) is 1. The number of rotatable bonds is 7. The minimum Gasteiger partial charge on any atom is -0.497 e. The van der Waals surface area contributed by atoms with Crippen molar-refractivity contribution in [1.29, 1.82) is 0 Å². The summed E-state index contributed by atoms with van der Waals surface area (Å²) in [5, 5.41) is 2.58. The molecule has 3 aromatic carbocycles. The maximum absolute atomic E-state index is 13.6. The molecular weight excluding hydrogens is 481 g/mol. The lowest BCUT2D eigenvalue weighted by Crippen LogP contribution is -2.36. The number of halogens is 3. The fourth-order valence-corrected chi connectivity index (χ4v) is 5.26. The van der Waals surface area contributed by atoms with Crippen LogP contribution in [0, 0.1) is 0 Å². The molecule has 10 heteroatoms. The zero-order valence-corrected chi connectivity index (χ0v) is 19.4. The van der Waals surface area contributed by atoms with Crippen molar-refractivity contribution in [3.63, 3.8) is 0 Å². The first kappa shape index (κ1) is 24.3. The standard InChI is InChI=1S/C25H21F3N2O4S/c1-34-21-10-12-22(13-11-21)35(32,33)30-20(15-19-4-2-3-5-23(19)30)14-17-6-8-18(9-7-17)16-29-24(31)25(26,27)28/h2-13,15H,14,16H2,1H3,(H,29,31). The summed E-state index contributed by atoms with van der Waals surface area (Å²) in [6, 6.07) is 21.6. The third-order valence-electron chi connectivity index (χ3n) is 5.45. The molecule has 0 saturated heterocycles. The lowest BCUT2D eigenvalue weighted by atomic mass is 10.1. The average molecular weight is 503 g/mol. The topological polar surface area (TPSA) is 77.4 Å². The monoisotopic (exact) mass is 502 g/mol. The summed E-state index contributed by atoms with van der Waals surface area (Å²) < 4.78 is 70.7. The minimum atomic E-state index is -4.94. The van der Waals surface area contributed by atoms with Crippen LogP contribution in [0.1, 0.15) is 16.8 Å². The van der Waals surface area contributed by atoms with Crippen molar-refractivity contribution < 1.29 is 31.1 Å². The number of hydrogen-bond acceptors (Lipinski definition) is 4. The predicted octanol–water partition coefficient (Wildman–Crippen LogP) is 4.66. The first-order valence-electron chi connectivity index (χ1n) is 10.5. The molecule has 1 aromatic heterocycles. The zero-order chi connectivity index (χ0) is 25.2. The molecule has 0 aliphatic heterocycles. The van der Waals surface area contributed by atoms with Crippen LogP contribution in [0.25, 0.3) is 10.9 Å². The van der Waals surface area contributed by atoms with E-state index in [0.717, 1.165) is 10.9 Å². The quantitative estimate of drug-likeness (QED) is 0.399. The van der Waals surface area contributed by atoms with Gasteiger partial charge < -0.3 is 10.1 Å². The third kappa shape index (κ3) is 5.17. The van der Waals surface area contributed by atoms with E-state index in [1.54, 1.807) is 54.6 Å². The summed E-state index contributed by atoms with van der Waals surface area (Å²) in [5.74, 6) is -1.47. The van der Waals surface area contributed by atoms with E-state index in [4.69, 9.17) is 4.74 Å². The van der Waals surface area contributed by atoms with Gasteiger partial charge in [0.05, 0.1) is 17.5 Å². The van der Waals surface area contributed by atoms with Crippen molar-refractivity contribution in [3.8, 4) is 5.75 Å². The maximum atomic E-state index is 13.6. The van der Waals surface area contributed by atoms with Gasteiger partial charge in [0.25, 0.3) is 10.0 Å². The number of carbonyl (C=O) groups is 1. The molecule has 35 heavy (non-hydrogen) atoms. The van der Waals surface area contributed by atoms with E-state index in [0.29, 0.717) is 22.5 Å². The Bertz CT molecular complexity index is 1460. The van der Waals surface area contributed by atoms with Crippen molar-refractivity contribution in [1.82, 2.24) is 9.29 Å². The van der Waals surface area contributed by atoms with Gasteiger partial charge in [-0.15, -0.1) is 0 Å². The normalized spacial score (nSPS) is 12.0. The molecule has 0 atom stereocenters. The number of nitrogens with zero attached hydrogens (tertiary/aromatic N) is 1. The number of carbonyl (C=O) groups excluding carboxylic acids is 1. The fourth-order valence-electron chi connectivity index (χ4n) is 3.71. The smallest absolute Gasteiger partial charge is 0.471 e. The number of ether oxygens (including phenoxy) is 1. The molecule has 0 spiro atoms. The Hall–Kier alpha value is -3.79. The van der Waals surface area contributed by atoms with Crippen LogP contribution in [0.2, 0.25) is 0 Å². The van der Waals surface area contributed by atoms with Crippen LogP contribution in [0.3, 0.4) is 0 Å². The molecule has 0 saturated carbocycles. The van der Waals surface area contributed by atoms with Crippen LogP contribution in [0.5, 0.6) is 5.75 Å². The fraction of sp³-hybridized carbons (Fsp3) is 0.160. The van der Waals surface area contributed by atoms with Gasteiger partial charge in [-0.1, -0.05) is 42.5 Å². The number of alkyl halides is 3. The van der Waals surface area contributed by atoms with E-state index >= 15 is 0 Å². The van der Waals surface area contributed by atoms with Gasteiger partial charge in [-0.05, 0) is 47.5 Å². The molecule has 0 aliphatic carbocycles. The summed E-state index contributed by atoms with van der Waals surface area (Å²) in [4.78, 5) is 11.1. The van der Waals surface area contributed by atoms with Gasteiger partial charge >= 0.3 is 12.1 Å². The molecule has 0 aliphatic rings. The Morgan fingerprint density at radius 1 is 0.943 bits per heavy atom. The first-order valence-corrected chi connectivity index (χ1v) is 12.0. The summed E-state index contributed by atoms with van der Waals surface area (Å²) in [6.45, 7) is -0.273. The Balaban J connectivity index is 1.64. The van der Waals surface area contributed by atoms with Crippen LogP contribution in [-0.4, -0.2) is 31.6 Å². The van der Waals surface area contributed by atoms with E-state index < -0.39 is 22.1 Å². The summed E-state index contributed by atoms with van der Waals surface area (Å²) >= 11 is 0. The van der Waals surface area contributed by atoms with E-state index in [2.05, 4.69) is 0 Å². The van der Waals surface area contributed by atoms with Crippen molar-refractivity contribution in [2.45, 2.75) is 24.0 Å². The number of fused-ring (bicyclic) bond motifs is 1. The van der Waals surface area contributed by atoms with Crippen LogP contribution in [0.15, 0.2) is 83.8 Å². The van der Waals surface area contributed by atoms with Gasteiger partial charge in [0, 0.05) is 24.0 Å². The lowest BCUT2D eigenvalue weighted by molar-refractivity contribution is -0.173. The lowest BCUT2D eigenvalue weighted by Gasteiger charge is -2.13. The number of benzene rings is 3. The van der Waals surface area contributed by atoms with E-state index in [1.807, 2.05) is 17.4 Å². The minimum absolute atomic E-state index is 0.108. The van der Waals surface area contributed by atoms with E-state index in [9.17, 15) is 26.4 Å². The number of hydrogen-bond donors (Lipinski definition) is 1. The highest BCUT2D eigenvalue weighted by Crippen LogP contribution is 2.28. The molecule has 6 nitrogen and oxygen atoms in total. The van der Waals surface area contributed by atoms with Crippen molar-refractivity contribution in [2.75, 3.05) is 7.11 Å². The summed E-state index contributed by atoms with van der Waals surface area (Å²) in [7, 11) is -2.43. The molecule has 0 fully saturated rings. The van der Waals surface area contributed by atoms with E-state index in [-0.39, 0.29) is 17.9 Å². The van der Waals surface area contributed by atoms with Crippen LogP contribution in [0.4, 0.5) is 13.2 Å². The SMILES string of the molecule is COc1ccc(S(=O)(=O)n2c(Cc3ccc(CNC(=O)C(F)(F)F)cc3)cc3ccccc32)cc1. The van der Waals surface area contributed by atoms with E-state index in [1.165, 1.54) is 23.2 Å². The molecule has 0 radical (unpaired) electrons. The van der Waals surface area contributed by atoms with Gasteiger partial charge in [0.2, 0.25) is 0 Å². The largest absolute Gasteiger partial charge is 0.497 e. The Labute approximate surface area is 200 Å². The van der Waals surface area contributed by atoms with Crippen LogP contribution >= 0.6 is 0 Å². The highest BCUT2D eigenvalue weighted by molar-refractivity contribution is 7.90. The van der Waals surface area contributed by atoms with Gasteiger partial charge in [-0.2, -0.15) is 13.2 Å². The molecule has 0 bridgehead atoms. The van der Waals surface area contributed by atoms with Crippen molar-refractivity contribution >= 4 is 26.8 Å². The highest BCUT2D eigenvalue weighted by Gasteiger charge is 2.38. The molecule has 4 rings (SSSR count). The number of aromatic nitrogens is 1. The molecule has 0 unspecified atom stereocenters. The summed E-state index contributed by atoms with van der Waals surface area (Å²) in [5.41, 5.74) is 2.30. The molecule has 4 aromatic rings. The predicted molar refractivity (Wildman–Crippen MR) is 125 cm³/mol. The Morgan fingerprint density at radius 3 is 2.20 bits per heavy atom. The van der Waals surface area contributed by atoms with Gasteiger partial charge in [0.1, 0.15) is 5.75 Å². The molecule has 1 heterocycles. The third-order valence-corrected chi connectivity index (χ3v) is 7.23. The van der Waals surface area contributed by atoms with Crippen LogP contribution < -0.4 is 10.1 Å². The Morgan fingerprint density at radius 2 is 1.57 bits per heavy atom. The maximum Gasteiger partial charge on any atom is 0.471 e. The zero-order valence-electron chi connectivity index (χ0n) is 18.5. The van der Waals surface area contributed by atoms with Crippen molar-refractivity contribution in [3.05, 3.63) is 95.7 Å². The summed E-state index contributed by atoms with van der Waals surface area (Å²) in [6.07, 6.45) is -4.68. The van der Waals surface area contributed by atoms with Gasteiger partial charge in [-0.3, -0.25) is 4.79 Å². The number of methoxy groups -OCH3 is 1. The molecule has 1 N–H and O–H groups in total. The number of amides is 1. The first-order chi connectivity index (χ1) is 16.6. The van der Waals surface area contributed by atoms with Crippen LogP contribution in [-0.2, 0) is 27.8 Å². The Kier molecular flexibility index (Phi) is 6.58. The molecule has 182 valence electrons. The molecule has 1 amide bonds. The number of para-hydroxylation sites is 1. The van der Waals surface area contributed by atoms with Crippen molar-refractivity contribution in [2.24, 2.45) is 0 Å². The van der Waals surface area contributed by atoms with Gasteiger partial charge in [0.15, 0.2) is 0 Å². The second kappa shape index (κ2) is 9.46. The highest BCUT2D eigenvalue weighted by atomic mass is 32.2. The second-order valence-corrected chi connectivity index (χ2v) is 9.60.